The van der Waals surface area contributed by atoms with Crippen molar-refractivity contribution in [3.63, 3.8) is 0 Å². The molecule has 0 saturated heterocycles. The molecule has 0 heterocycles. The number of benzene rings is 6. The largest absolute Gasteiger partial charge is 0.0966 e. The SMILES string of the molecule is CCCCCC[PH+](c1ccccc1)c1ccccc1.CCCCCC[PH+](c1ccccc1)c1ccccc1.CCCCCC[PH+](c1ccccc1)c1ccccc1.[Rh]. The summed E-state index contributed by atoms with van der Waals surface area (Å²) in [4.78, 5) is 0. The second-order valence-electron chi connectivity index (χ2n) is 15.1. The Morgan fingerprint density at radius 3 is 0.569 bits per heavy atom. The first kappa shape index (κ1) is 49.6. The van der Waals surface area contributed by atoms with Crippen LogP contribution in [0.1, 0.15) is 97.8 Å². The molecule has 0 spiro atoms. The first-order valence-electron chi connectivity index (χ1n) is 22.1. The molecule has 0 atom stereocenters. The van der Waals surface area contributed by atoms with Crippen molar-refractivity contribution in [1.82, 2.24) is 0 Å². The Morgan fingerprint density at radius 2 is 0.414 bits per heavy atom. The van der Waals surface area contributed by atoms with Crippen molar-refractivity contribution in [2.24, 2.45) is 0 Å². The van der Waals surface area contributed by atoms with Gasteiger partial charge in [0.15, 0.2) is 0 Å². The molecule has 1 radical (unpaired) electrons. The summed E-state index contributed by atoms with van der Waals surface area (Å²) in [6.45, 7) is 6.83. The van der Waals surface area contributed by atoms with Gasteiger partial charge in [0.2, 0.25) is 0 Å². The predicted molar refractivity (Wildman–Crippen MR) is 268 cm³/mol. The third-order valence-corrected chi connectivity index (χ3v) is 19.3. The van der Waals surface area contributed by atoms with E-state index in [1.807, 2.05) is 0 Å². The molecule has 58 heavy (non-hydrogen) atoms. The van der Waals surface area contributed by atoms with Gasteiger partial charge in [-0.2, -0.15) is 0 Å². The number of rotatable bonds is 21. The zero-order valence-corrected chi connectivity index (χ0v) is 40.4. The minimum absolute atomic E-state index is 0. The van der Waals surface area contributed by atoms with Crippen LogP contribution in [-0.2, 0) is 19.5 Å². The van der Waals surface area contributed by atoms with Gasteiger partial charge in [-0.25, -0.2) is 0 Å². The van der Waals surface area contributed by atoms with E-state index in [1.54, 1.807) is 31.8 Å². The summed E-state index contributed by atoms with van der Waals surface area (Å²) in [5.74, 6) is 0. The fourth-order valence-corrected chi connectivity index (χ4v) is 15.5. The van der Waals surface area contributed by atoms with Crippen LogP contribution in [-0.4, -0.2) is 18.5 Å². The molecular weight excluding hydrogens is 844 g/mol. The molecule has 0 aromatic heterocycles. The minimum Gasteiger partial charge on any atom is -0.0654 e. The molecule has 0 saturated carbocycles. The van der Waals surface area contributed by atoms with E-state index in [4.69, 9.17) is 0 Å². The molecule has 0 N–H and O–H groups in total. The molecule has 6 rings (SSSR count). The van der Waals surface area contributed by atoms with Crippen LogP contribution in [0, 0.1) is 0 Å². The van der Waals surface area contributed by atoms with Crippen molar-refractivity contribution >= 4 is 55.6 Å². The summed E-state index contributed by atoms with van der Waals surface area (Å²) >= 11 is 0. The van der Waals surface area contributed by atoms with Gasteiger partial charge in [-0.1, -0.05) is 168 Å². The molecule has 4 heteroatoms. The maximum absolute atomic E-state index is 2.31. The Hall–Kier alpha value is -2.77. The number of unbranched alkanes of at least 4 members (excludes halogenated alkanes) is 9. The molecule has 309 valence electrons. The van der Waals surface area contributed by atoms with E-state index < -0.39 is 23.8 Å². The van der Waals surface area contributed by atoms with E-state index in [0.29, 0.717) is 0 Å². The van der Waals surface area contributed by atoms with E-state index >= 15 is 0 Å². The monoisotopic (exact) mass is 916 g/mol. The molecule has 0 aliphatic rings. The van der Waals surface area contributed by atoms with Crippen LogP contribution >= 0.6 is 23.8 Å². The summed E-state index contributed by atoms with van der Waals surface area (Å²) in [5, 5.41) is 9.31. The van der Waals surface area contributed by atoms with Crippen LogP contribution in [0.25, 0.3) is 0 Å². The van der Waals surface area contributed by atoms with Crippen LogP contribution in [0.3, 0.4) is 0 Å². The Balaban J connectivity index is 0.000000231. The van der Waals surface area contributed by atoms with Gasteiger partial charge in [0, 0.05) is 19.5 Å². The molecule has 6 aromatic carbocycles. The van der Waals surface area contributed by atoms with Crippen molar-refractivity contribution < 1.29 is 19.5 Å². The van der Waals surface area contributed by atoms with Crippen LogP contribution in [0.5, 0.6) is 0 Å². The van der Waals surface area contributed by atoms with Gasteiger partial charge < -0.3 is 0 Å². The Kier molecular flexibility index (Phi) is 27.4. The smallest absolute Gasteiger partial charge is 0.0654 e. The van der Waals surface area contributed by atoms with Crippen LogP contribution < -0.4 is 31.8 Å². The normalized spacial score (nSPS) is 10.7. The molecule has 6 aromatic rings. The summed E-state index contributed by atoms with van der Waals surface area (Å²) < 4.78 is 0. The van der Waals surface area contributed by atoms with E-state index in [9.17, 15) is 0 Å². The molecule has 0 aliphatic heterocycles. The van der Waals surface area contributed by atoms with Gasteiger partial charge in [-0.05, 0) is 111 Å². The maximum atomic E-state index is 2.31. The van der Waals surface area contributed by atoms with Crippen molar-refractivity contribution in [3.05, 3.63) is 182 Å². The molecule has 0 aliphatic carbocycles. The second kappa shape index (κ2) is 32.1. The first-order valence-corrected chi connectivity index (χ1v) is 27.3. The Morgan fingerprint density at radius 1 is 0.241 bits per heavy atom. The van der Waals surface area contributed by atoms with E-state index in [-0.39, 0.29) is 19.5 Å². The summed E-state index contributed by atoms with van der Waals surface area (Å²) in [5.41, 5.74) is 0. The molecule has 0 nitrogen and oxygen atoms in total. The second-order valence-corrected chi connectivity index (χ2v) is 22.9. The van der Waals surface area contributed by atoms with E-state index in [0.717, 1.165) is 0 Å². The average molecular weight is 917 g/mol. The third-order valence-electron chi connectivity index (χ3n) is 10.6. The number of hydrogen-bond acceptors (Lipinski definition) is 0. The zero-order chi connectivity index (χ0) is 40.0. The van der Waals surface area contributed by atoms with Gasteiger partial charge in [-0.3, -0.25) is 0 Å². The molecule has 0 bridgehead atoms. The topological polar surface area (TPSA) is 0 Å². The van der Waals surface area contributed by atoms with E-state index in [1.165, 1.54) is 95.5 Å². The molecule has 0 fully saturated rings. The summed E-state index contributed by atoms with van der Waals surface area (Å²) in [6, 6.07) is 66.5. The van der Waals surface area contributed by atoms with Gasteiger partial charge >= 0.3 is 0 Å². The fourth-order valence-electron chi connectivity index (χ4n) is 7.39. The van der Waals surface area contributed by atoms with Gasteiger partial charge in [0.05, 0.1) is 74.1 Å². The Bertz CT molecular complexity index is 1450. The average Bonchev–Trinajstić information content (AvgIpc) is 3.29. The molecular formula is C54H72P3Rh+3. The summed E-state index contributed by atoms with van der Waals surface area (Å²) in [7, 11) is -1.74. The zero-order valence-electron chi connectivity index (χ0n) is 35.8. The fraction of sp³-hybridized carbons (Fsp3) is 0.333. The van der Waals surface area contributed by atoms with Gasteiger partial charge in [-0.15, -0.1) is 0 Å². The number of hydrogen-bond donors (Lipinski definition) is 0. The quantitative estimate of drug-likeness (QED) is 0.0383. The maximum Gasteiger partial charge on any atom is 0.0966 e. The Labute approximate surface area is 371 Å². The van der Waals surface area contributed by atoms with Crippen molar-refractivity contribution in [3.8, 4) is 0 Å². The van der Waals surface area contributed by atoms with Crippen LogP contribution in [0.2, 0.25) is 0 Å². The van der Waals surface area contributed by atoms with E-state index in [2.05, 4.69) is 203 Å². The predicted octanol–water partition coefficient (Wildman–Crippen LogP) is 13.3. The van der Waals surface area contributed by atoms with Crippen molar-refractivity contribution in [2.45, 2.75) is 97.8 Å². The first-order chi connectivity index (χ1) is 28.2. The van der Waals surface area contributed by atoms with Crippen LogP contribution in [0.4, 0.5) is 0 Å². The van der Waals surface area contributed by atoms with Gasteiger partial charge in [0.1, 0.15) is 0 Å². The van der Waals surface area contributed by atoms with Crippen molar-refractivity contribution in [1.29, 1.82) is 0 Å². The molecule has 0 unspecified atom stereocenters. The third kappa shape index (κ3) is 19.1. The van der Waals surface area contributed by atoms with Gasteiger partial charge in [0.25, 0.3) is 0 Å². The van der Waals surface area contributed by atoms with Crippen molar-refractivity contribution in [2.75, 3.05) is 18.5 Å². The summed E-state index contributed by atoms with van der Waals surface area (Å²) in [6.07, 6.45) is 20.4. The minimum atomic E-state index is -0.580. The van der Waals surface area contributed by atoms with Crippen LogP contribution in [0.15, 0.2) is 182 Å². The molecule has 0 amide bonds. The standard InChI is InChI=1S/3C18H23P.Rh/c3*1-2-3-4-11-16-19(17-12-7-5-8-13-17)18-14-9-6-10-15-18;/h3*5-10,12-15H,2-4,11,16H2,1H3;/p+3.